The summed E-state index contributed by atoms with van der Waals surface area (Å²) in [5.41, 5.74) is 0.310. The molecule has 3 rings (SSSR count). The molecule has 0 spiro atoms. The van der Waals surface area contributed by atoms with Crippen LogP contribution in [0, 0.1) is 0 Å². The molecule has 1 heterocycles. The summed E-state index contributed by atoms with van der Waals surface area (Å²) in [4.78, 5) is 26.4. The predicted octanol–water partition coefficient (Wildman–Crippen LogP) is 4.07. The number of benzene rings is 2. The van der Waals surface area contributed by atoms with E-state index < -0.39 is 11.6 Å². The molecule has 0 aromatic heterocycles. The Morgan fingerprint density at radius 3 is 2.61 bits per heavy atom. The minimum atomic E-state index is -1.15. The molecule has 1 aliphatic heterocycles. The lowest BCUT2D eigenvalue weighted by molar-refractivity contribution is -0.131. The number of urea groups is 1. The molecule has 2 aromatic rings. The Kier molecular flexibility index (Phi) is 4.17. The fourth-order valence-corrected chi connectivity index (χ4v) is 3.48. The highest BCUT2D eigenvalue weighted by atomic mass is 79.9. The van der Waals surface area contributed by atoms with Crippen LogP contribution in [0.5, 0.6) is 0 Å². The lowest BCUT2D eigenvalue weighted by Gasteiger charge is -2.23. The quantitative estimate of drug-likeness (QED) is 0.799. The Bertz CT molecular complexity index is 796. The first-order valence-corrected chi connectivity index (χ1v) is 8.22. The number of nitrogens with zero attached hydrogens (tertiary/aromatic N) is 1. The number of halogens is 2. The number of imide groups is 1. The van der Waals surface area contributed by atoms with Gasteiger partial charge in [0, 0.05) is 15.1 Å². The van der Waals surface area contributed by atoms with Gasteiger partial charge in [-0.25, -0.2) is 4.79 Å². The monoisotopic (exact) mass is 392 g/mol. The highest BCUT2D eigenvalue weighted by Gasteiger charge is 2.49. The Hall–Kier alpha value is -1.85. The second kappa shape index (κ2) is 5.98. The number of rotatable bonds is 3. The molecule has 1 N–H and O–H groups in total. The summed E-state index contributed by atoms with van der Waals surface area (Å²) in [6, 6.07) is 14.1. The van der Waals surface area contributed by atoms with Crippen molar-refractivity contribution in [2.24, 2.45) is 0 Å². The van der Waals surface area contributed by atoms with Crippen LogP contribution in [0.3, 0.4) is 0 Å². The molecule has 1 fully saturated rings. The van der Waals surface area contributed by atoms with Crippen LogP contribution in [0.1, 0.15) is 18.1 Å². The van der Waals surface area contributed by atoms with Crippen LogP contribution >= 0.6 is 27.5 Å². The second-order valence-corrected chi connectivity index (χ2v) is 6.88. The van der Waals surface area contributed by atoms with Gasteiger partial charge in [0.2, 0.25) is 0 Å². The van der Waals surface area contributed by atoms with Gasteiger partial charge in [-0.05, 0) is 30.7 Å². The van der Waals surface area contributed by atoms with Gasteiger partial charge < -0.3 is 5.32 Å². The molecule has 1 saturated heterocycles. The molecule has 23 heavy (non-hydrogen) atoms. The predicted molar refractivity (Wildman–Crippen MR) is 92.0 cm³/mol. The van der Waals surface area contributed by atoms with E-state index in [1.54, 1.807) is 31.2 Å². The molecule has 0 radical (unpaired) electrons. The van der Waals surface area contributed by atoms with Gasteiger partial charge in [-0.15, -0.1) is 0 Å². The molecular weight excluding hydrogens is 380 g/mol. The molecule has 118 valence electrons. The van der Waals surface area contributed by atoms with E-state index in [4.69, 9.17) is 11.6 Å². The minimum Gasteiger partial charge on any atom is -0.319 e. The number of carbonyl (C=O) groups excluding carboxylic acids is 2. The SMILES string of the molecule is C[C@]1(c2ccccc2Cl)NC(=O)N(Cc2cccc(Br)c2)C1=O. The molecule has 1 atom stereocenters. The van der Waals surface area contributed by atoms with Crippen LogP contribution in [0.25, 0.3) is 0 Å². The zero-order valence-corrected chi connectivity index (χ0v) is 14.7. The Morgan fingerprint density at radius 2 is 1.91 bits per heavy atom. The first-order valence-electron chi connectivity index (χ1n) is 7.05. The van der Waals surface area contributed by atoms with Crippen LogP contribution in [-0.4, -0.2) is 16.8 Å². The van der Waals surface area contributed by atoms with Crippen LogP contribution in [-0.2, 0) is 16.9 Å². The Balaban J connectivity index is 1.92. The van der Waals surface area contributed by atoms with Crippen molar-refractivity contribution in [2.45, 2.75) is 19.0 Å². The number of amides is 3. The lowest BCUT2D eigenvalue weighted by Crippen LogP contribution is -2.41. The minimum absolute atomic E-state index is 0.212. The van der Waals surface area contributed by atoms with Gasteiger partial charge in [-0.1, -0.05) is 57.9 Å². The largest absolute Gasteiger partial charge is 0.325 e. The zero-order valence-electron chi connectivity index (χ0n) is 12.3. The molecule has 0 aliphatic carbocycles. The van der Waals surface area contributed by atoms with E-state index in [1.165, 1.54) is 4.90 Å². The number of hydrogen-bond acceptors (Lipinski definition) is 2. The summed E-state index contributed by atoms with van der Waals surface area (Å²) in [6.07, 6.45) is 0. The van der Waals surface area contributed by atoms with Crippen molar-refractivity contribution in [3.05, 3.63) is 69.2 Å². The van der Waals surface area contributed by atoms with E-state index in [9.17, 15) is 9.59 Å². The van der Waals surface area contributed by atoms with Crippen LogP contribution in [0.15, 0.2) is 53.0 Å². The van der Waals surface area contributed by atoms with Crippen LogP contribution in [0.2, 0.25) is 5.02 Å². The van der Waals surface area contributed by atoms with E-state index in [2.05, 4.69) is 21.2 Å². The van der Waals surface area contributed by atoms with Crippen molar-refractivity contribution >= 4 is 39.5 Å². The van der Waals surface area contributed by atoms with Crippen LogP contribution in [0.4, 0.5) is 4.79 Å². The molecule has 0 bridgehead atoms. The average molecular weight is 394 g/mol. The van der Waals surface area contributed by atoms with Crippen molar-refractivity contribution in [1.82, 2.24) is 10.2 Å². The van der Waals surface area contributed by atoms with Gasteiger partial charge in [-0.2, -0.15) is 0 Å². The number of carbonyl (C=O) groups is 2. The topological polar surface area (TPSA) is 49.4 Å². The molecule has 1 aliphatic rings. The third-order valence-corrected chi connectivity index (χ3v) is 4.74. The summed E-state index contributed by atoms with van der Waals surface area (Å²) in [5.74, 6) is -0.310. The molecule has 4 nitrogen and oxygen atoms in total. The summed E-state index contributed by atoms with van der Waals surface area (Å²) in [5, 5.41) is 3.22. The van der Waals surface area contributed by atoms with E-state index in [1.807, 2.05) is 24.3 Å². The van der Waals surface area contributed by atoms with Gasteiger partial charge in [0.05, 0.1) is 6.54 Å². The summed E-state index contributed by atoms with van der Waals surface area (Å²) in [7, 11) is 0. The fraction of sp³-hybridized carbons (Fsp3) is 0.176. The van der Waals surface area contributed by atoms with Gasteiger partial charge in [0.25, 0.3) is 5.91 Å². The molecule has 0 saturated carbocycles. The third kappa shape index (κ3) is 2.86. The van der Waals surface area contributed by atoms with E-state index in [0.717, 1.165) is 10.0 Å². The fourth-order valence-electron chi connectivity index (χ4n) is 2.71. The van der Waals surface area contributed by atoms with Crippen LogP contribution < -0.4 is 5.32 Å². The number of hydrogen-bond donors (Lipinski definition) is 1. The van der Waals surface area contributed by atoms with Gasteiger partial charge >= 0.3 is 6.03 Å². The van der Waals surface area contributed by atoms with Crippen molar-refractivity contribution in [3.63, 3.8) is 0 Å². The smallest absolute Gasteiger partial charge is 0.319 e. The highest BCUT2D eigenvalue weighted by molar-refractivity contribution is 9.10. The average Bonchev–Trinajstić information content (AvgIpc) is 2.72. The van der Waals surface area contributed by atoms with Gasteiger partial charge in [-0.3, -0.25) is 9.69 Å². The maximum atomic E-state index is 12.9. The van der Waals surface area contributed by atoms with E-state index in [0.29, 0.717) is 10.6 Å². The van der Waals surface area contributed by atoms with E-state index >= 15 is 0 Å². The Labute approximate surface area is 147 Å². The van der Waals surface area contributed by atoms with Gasteiger partial charge in [0.1, 0.15) is 5.54 Å². The standard InChI is InChI=1S/C17H14BrClN2O2/c1-17(13-7-2-3-8-14(13)19)15(22)21(16(23)20-17)10-11-5-4-6-12(18)9-11/h2-9H,10H2,1H3,(H,20,23)/t17-/m1/s1. The van der Waals surface area contributed by atoms with E-state index in [-0.39, 0.29) is 12.5 Å². The summed E-state index contributed by atoms with van der Waals surface area (Å²) in [6.45, 7) is 1.89. The molecular formula is C17H14BrClN2O2. The molecule has 3 amide bonds. The van der Waals surface area contributed by atoms with Crippen molar-refractivity contribution < 1.29 is 9.59 Å². The molecule has 6 heteroatoms. The first kappa shape index (κ1) is 16.0. The number of nitrogens with one attached hydrogen (secondary N) is 1. The second-order valence-electron chi connectivity index (χ2n) is 5.56. The first-order chi connectivity index (χ1) is 10.9. The molecule has 2 aromatic carbocycles. The maximum Gasteiger partial charge on any atom is 0.325 e. The Morgan fingerprint density at radius 1 is 1.17 bits per heavy atom. The summed E-state index contributed by atoms with van der Waals surface area (Å²) >= 11 is 9.60. The summed E-state index contributed by atoms with van der Waals surface area (Å²) < 4.78 is 0.899. The normalized spacial score (nSPS) is 20.7. The van der Waals surface area contributed by atoms with Crippen molar-refractivity contribution in [3.8, 4) is 0 Å². The highest BCUT2D eigenvalue weighted by Crippen LogP contribution is 2.34. The zero-order chi connectivity index (χ0) is 16.6. The molecule has 0 unspecified atom stereocenters. The lowest BCUT2D eigenvalue weighted by atomic mass is 9.92. The van der Waals surface area contributed by atoms with Crippen molar-refractivity contribution in [1.29, 1.82) is 0 Å². The van der Waals surface area contributed by atoms with Gasteiger partial charge in [0.15, 0.2) is 0 Å². The maximum absolute atomic E-state index is 12.9. The van der Waals surface area contributed by atoms with Crippen molar-refractivity contribution in [2.75, 3.05) is 0 Å². The third-order valence-electron chi connectivity index (χ3n) is 3.92.